The third kappa shape index (κ3) is 8.99. The summed E-state index contributed by atoms with van der Waals surface area (Å²) in [6.45, 7) is 0. The molecule has 0 saturated heterocycles. The monoisotopic (exact) mass is 1420 g/mol. The van der Waals surface area contributed by atoms with E-state index in [0.29, 0.717) is 46.1 Å². The summed E-state index contributed by atoms with van der Waals surface area (Å²) in [7, 11) is 0. The van der Waals surface area contributed by atoms with E-state index in [2.05, 4.69) is 264 Å². The van der Waals surface area contributed by atoms with Crippen LogP contribution < -0.4 is 0 Å². The number of furan rings is 3. The zero-order valence-electron chi connectivity index (χ0n) is 58.4. The normalized spacial score (nSPS) is 12.2. The molecule has 24 aromatic rings. The van der Waals surface area contributed by atoms with E-state index in [9.17, 15) is 0 Å². The van der Waals surface area contributed by atoms with Gasteiger partial charge in [-0.2, -0.15) is 0 Å². The molecule has 0 fully saturated rings. The van der Waals surface area contributed by atoms with Crippen LogP contribution in [0.25, 0.3) is 242 Å². The van der Waals surface area contributed by atoms with Crippen LogP contribution in [-0.4, -0.2) is 39.0 Å². The predicted molar refractivity (Wildman–Crippen MR) is 450 cm³/mol. The first-order chi connectivity index (χ1) is 54.5. The highest BCUT2D eigenvalue weighted by molar-refractivity contribution is 7.26. The van der Waals surface area contributed by atoms with Gasteiger partial charge in [-0.15, -0.1) is 11.3 Å². The standard InChI is InChI=1S/C98H54N8O3S/c1-3-23-57(24-4-1)93-99-95(103-96(100-93)69-46-50-78(90-88(69)67-32-12-18-39-81(67)108-90)105-74-36-15-9-29-64(74)85-61-27-8-7-22-55(61)44-48-76(85)105)60-53-73(87-66-31-11-17-38-80(66)107-83(87)54-60)59-43-42-56-45-49-77-86(72(56)52-59)65-30-10-16-37-75(65)106(77)79-51-47-70(89-68-33-13-19-40-82(68)109-91(79)89)97-101-94(58-25-5-2-6-26-58)102-98(104-97)71-35-21-34-63-62-28-14-20-41-84(62)110-92(63)71/h1-54H. The van der Waals surface area contributed by atoms with Gasteiger partial charge in [-0.05, 0) is 130 Å². The number of aromatic nitrogens is 8. The highest BCUT2D eigenvalue weighted by atomic mass is 32.1. The molecule has 0 aliphatic carbocycles. The zero-order chi connectivity index (χ0) is 71.8. The van der Waals surface area contributed by atoms with Crippen LogP contribution in [-0.2, 0) is 0 Å². The summed E-state index contributed by atoms with van der Waals surface area (Å²) in [5.41, 5.74) is 17.5. The maximum Gasteiger partial charge on any atom is 0.165 e. The highest BCUT2D eigenvalue weighted by Gasteiger charge is 2.28. The van der Waals surface area contributed by atoms with Crippen LogP contribution in [0.4, 0.5) is 0 Å². The number of para-hydroxylation sites is 5. The van der Waals surface area contributed by atoms with Crippen molar-refractivity contribution in [2.75, 3.05) is 0 Å². The van der Waals surface area contributed by atoms with Crippen molar-refractivity contribution in [3.8, 4) is 90.8 Å². The minimum absolute atomic E-state index is 0.489. The van der Waals surface area contributed by atoms with Crippen LogP contribution >= 0.6 is 11.3 Å². The first kappa shape index (κ1) is 60.5. The molecule has 12 heteroatoms. The fraction of sp³-hybridized carbons (Fsp3) is 0. The maximum atomic E-state index is 7.20. The van der Waals surface area contributed by atoms with E-state index in [0.717, 1.165) is 159 Å². The Morgan fingerprint density at radius 2 is 0.673 bits per heavy atom. The molecule has 16 aromatic carbocycles. The summed E-state index contributed by atoms with van der Waals surface area (Å²) in [6.07, 6.45) is 0. The molecule has 8 aromatic heterocycles. The lowest BCUT2D eigenvalue weighted by molar-refractivity contribution is 0.666. The Balaban J connectivity index is 0.694. The van der Waals surface area contributed by atoms with Crippen molar-refractivity contribution >= 4 is 162 Å². The Morgan fingerprint density at radius 1 is 0.227 bits per heavy atom. The van der Waals surface area contributed by atoms with Crippen molar-refractivity contribution in [1.29, 1.82) is 0 Å². The number of benzene rings is 16. The number of hydrogen-bond acceptors (Lipinski definition) is 10. The van der Waals surface area contributed by atoms with E-state index in [4.69, 9.17) is 43.2 Å². The van der Waals surface area contributed by atoms with Gasteiger partial charge in [-0.3, -0.25) is 0 Å². The van der Waals surface area contributed by atoms with Gasteiger partial charge < -0.3 is 22.4 Å². The molecule has 510 valence electrons. The minimum Gasteiger partial charge on any atom is -0.456 e. The fourth-order valence-corrected chi connectivity index (χ4v) is 18.6. The average Bonchev–Trinajstić information content (AvgIpc) is 1.54. The molecule has 0 aliphatic heterocycles. The first-order valence-corrected chi connectivity index (χ1v) is 37.6. The van der Waals surface area contributed by atoms with Gasteiger partial charge in [0.15, 0.2) is 46.1 Å². The second-order valence-electron chi connectivity index (χ2n) is 28.3. The third-order valence-electron chi connectivity index (χ3n) is 22.2. The van der Waals surface area contributed by atoms with Gasteiger partial charge in [-0.1, -0.05) is 231 Å². The highest BCUT2D eigenvalue weighted by Crippen LogP contribution is 2.49. The first-order valence-electron chi connectivity index (χ1n) is 36.8. The van der Waals surface area contributed by atoms with E-state index >= 15 is 0 Å². The molecule has 0 unspecified atom stereocenters. The van der Waals surface area contributed by atoms with Crippen LogP contribution in [0.3, 0.4) is 0 Å². The van der Waals surface area contributed by atoms with Crippen molar-refractivity contribution in [2.45, 2.75) is 0 Å². The Labute approximate surface area is 629 Å². The second kappa shape index (κ2) is 23.4. The number of nitrogens with zero attached hydrogens (tertiary/aromatic N) is 8. The lowest BCUT2D eigenvalue weighted by atomic mass is 9.93. The van der Waals surface area contributed by atoms with Gasteiger partial charge in [0.1, 0.15) is 22.3 Å². The minimum atomic E-state index is 0.489. The molecule has 0 amide bonds. The summed E-state index contributed by atoms with van der Waals surface area (Å²) in [5.74, 6) is 3.26. The lowest BCUT2D eigenvalue weighted by Crippen LogP contribution is -2.01. The maximum absolute atomic E-state index is 7.20. The van der Waals surface area contributed by atoms with Crippen molar-refractivity contribution in [3.63, 3.8) is 0 Å². The van der Waals surface area contributed by atoms with Gasteiger partial charge in [0.25, 0.3) is 0 Å². The van der Waals surface area contributed by atoms with E-state index in [1.807, 2.05) is 72.8 Å². The second-order valence-corrected chi connectivity index (χ2v) is 29.3. The van der Waals surface area contributed by atoms with Crippen molar-refractivity contribution in [2.24, 2.45) is 0 Å². The van der Waals surface area contributed by atoms with Crippen LogP contribution in [0, 0.1) is 0 Å². The largest absolute Gasteiger partial charge is 0.456 e. The van der Waals surface area contributed by atoms with Gasteiger partial charge in [0.05, 0.1) is 33.4 Å². The van der Waals surface area contributed by atoms with Crippen molar-refractivity contribution in [3.05, 3.63) is 328 Å². The average molecular weight is 1420 g/mol. The Bertz CT molecular complexity index is 8060. The molecule has 0 spiro atoms. The molecule has 0 atom stereocenters. The summed E-state index contributed by atoms with van der Waals surface area (Å²) in [5, 5.41) is 17.2. The summed E-state index contributed by atoms with van der Waals surface area (Å²) < 4.78 is 28.3. The summed E-state index contributed by atoms with van der Waals surface area (Å²) >= 11 is 1.76. The third-order valence-corrected chi connectivity index (χ3v) is 23.4. The SMILES string of the molecule is c1ccc(-c2nc(-c3cc(-c4ccc5ccc6c(c5c4)c4ccccc4n6-c4ccc(-c5nc(-c6ccccc6)nc(-c6cccc7c6sc6ccccc67)n5)c5c4oc4ccccc45)c4c(c3)oc3ccccc34)nc(-c3ccc(-n4c5ccccc5c5c6ccccc6ccc54)c4oc5ccccc5c34)n2)cc1. The number of fused-ring (bicyclic) bond motifs is 22. The van der Waals surface area contributed by atoms with Gasteiger partial charge in [0, 0.05) is 107 Å². The van der Waals surface area contributed by atoms with Gasteiger partial charge >= 0.3 is 0 Å². The van der Waals surface area contributed by atoms with Crippen LogP contribution in [0.15, 0.2) is 341 Å². The Hall–Kier alpha value is -14.7. The number of hydrogen-bond donors (Lipinski definition) is 0. The fourth-order valence-electron chi connectivity index (χ4n) is 17.4. The number of thiophene rings is 1. The summed E-state index contributed by atoms with van der Waals surface area (Å²) in [4.78, 5) is 32.6. The molecule has 0 aliphatic rings. The van der Waals surface area contributed by atoms with E-state index in [1.165, 1.54) is 37.0 Å². The zero-order valence-corrected chi connectivity index (χ0v) is 59.2. The van der Waals surface area contributed by atoms with Crippen molar-refractivity contribution in [1.82, 2.24) is 39.0 Å². The molecule has 0 bridgehead atoms. The molecule has 110 heavy (non-hydrogen) atoms. The van der Waals surface area contributed by atoms with Gasteiger partial charge in [-0.25, -0.2) is 29.9 Å². The molecule has 8 heterocycles. The molecule has 0 saturated carbocycles. The molecule has 24 rings (SSSR count). The topological polar surface area (TPSA) is 127 Å². The Morgan fingerprint density at radius 3 is 1.28 bits per heavy atom. The predicted octanol–water partition coefficient (Wildman–Crippen LogP) is 26.3. The molecule has 0 N–H and O–H groups in total. The van der Waals surface area contributed by atoms with E-state index < -0.39 is 0 Å². The Kier molecular flexibility index (Phi) is 12.9. The quantitative estimate of drug-likeness (QED) is 0.139. The lowest BCUT2D eigenvalue weighted by Gasteiger charge is -2.14. The summed E-state index contributed by atoms with van der Waals surface area (Å²) in [6, 6.07) is 115. The molecular weight excluding hydrogens is 1370 g/mol. The van der Waals surface area contributed by atoms with Crippen LogP contribution in [0.2, 0.25) is 0 Å². The molecule has 11 nitrogen and oxygen atoms in total. The molecular formula is C98H54N8O3S. The smallest absolute Gasteiger partial charge is 0.165 e. The van der Waals surface area contributed by atoms with Gasteiger partial charge in [0.2, 0.25) is 0 Å². The van der Waals surface area contributed by atoms with Crippen LogP contribution in [0.1, 0.15) is 0 Å². The van der Waals surface area contributed by atoms with Crippen molar-refractivity contribution < 1.29 is 13.3 Å². The van der Waals surface area contributed by atoms with E-state index in [-0.39, 0.29) is 0 Å². The molecule has 0 radical (unpaired) electrons. The van der Waals surface area contributed by atoms with E-state index in [1.54, 1.807) is 11.3 Å². The number of rotatable bonds is 9. The van der Waals surface area contributed by atoms with Crippen LogP contribution in [0.5, 0.6) is 0 Å².